The fourth-order valence-electron chi connectivity index (χ4n) is 3.96. The van der Waals surface area contributed by atoms with Crippen LogP contribution in [0.3, 0.4) is 0 Å². The third-order valence-corrected chi connectivity index (χ3v) is 8.55. The van der Waals surface area contributed by atoms with Crippen molar-refractivity contribution >= 4 is 50.6 Å². The molecule has 2 aliphatic carbocycles. The first-order valence-electron chi connectivity index (χ1n) is 10.1. The van der Waals surface area contributed by atoms with Gasteiger partial charge in [0.05, 0.1) is 17.7 Å². The minimum atomic E-state index is -0.00284. The molecule has 0 spiro atoms. The Kier molecular flexibility index (Phi) is 5.49. The molecule has 1 amide bonds. The van der Waals surface area contributed by atoms with Crippen molar-refractivity contribution < 1.29 is 4.79 Å². The van der Waals surface area contributed by atoms with Crippen molar-refractivity contribution in [1.29, 1.82) is 0 Å². The maximum Gasteiger partial charge on any atom is 0.259 e. The second kappa shape index (κ2) is 8.24. The highest BCUT2D eigenvalue weighted by atomic mass is 32.2. The van der Waals surface area contributed by atoms with Crippen molar-refractivity contribution in [3.05, 3.63) is 49.0 Å². The number of aromatic nitrogens is 2. The quantitative estimate of drug-likeness (QED) is 0.524. The molecule has 3 aromatic rings. The Bertz CT molecular complexity index is 1080. The molecule has 1 N–H and O–H groups in total. The Balaban J connectivity index is 1.17. The summed E-state index contributed by atoms with van der Waals surface area (Å²) >= 11 is 5.05. The molecule has 8 heteroatoms. The zero-order chi connectivity index (χ0) is 19.8. The van der Waals surface area contributed by atoms with Crippen LogP contribution in [0.1, 0.15) is 46.8 Å². The summed E-state index contributed by atoms with van der Waals surface area (Å²) in [4.78, 5) is 38.4. The fourth-order valence-corrected chi connectivity index (χ4v) is 6.74. The topological polar surface area (TPSA) is 66.1 Å². The highest BCUT2D eigenvalue weighted by Crippen LogP contribution is 2.34. The van der Waals surface area contributed by atoms with Gasteiger partial charge in [-0.25, -0.2) is 4.98 Å². The van der Waals surface area contributed by atoms with Gasteiger partial charge in [-0.1, -0.05) is 6.07 Å². The van der Waals surface area contributed by atoms with Gasteiger partial charge in [0, 0.05) is 28.0 Å². The molecule has 0 aromatic carbocycles. The molecular formula is C21H23N3O2S3. The van der Waals surface area contributed by atoms with Gasteiger partial charge in [0.1, 0.15) is 10.7 Å². The number of carbonyl (C=O) groups is 1. The van der Waals surface area contributed by atoms with Gasteiger partial charge < -0.3 is 9.88 Å². The van der Waals surface area contributed by atoms with Gasteiger partial charge in [-0.3, -0.25) is 9.59 Å². The number of hydrogen-bond acceptors (Lipinski definition) is 6. The van der Waals surface area contributed by atoms with Crippen molar-refractivity contribution in [3.8, 4) is 0 Å². The van der Waals surface area contributed by atoms with Gasteiger partial charge in [0.25, 0.3) is 5.56 Å². The van der Waals surface area contributed by atoms with Crippen molar-refractivity contribution in [2.45, 2.75) is 56.9 Å². The monoisotopic (exact) mass is 445 g/mol. The normalized spacial score (nSPS) is 15.7. The van der Waals surface area contributed by atoms with E-state index in [9.17, 15) is 9.59 Å². The summed E-state index contributed by atoms with van der Waals surface area (Å²) in [5.74, 6) is 2.34. The third kappa shape index (κ3) is 4.15. The zero-order valence-corrected chi connectivity index (χ0v) is 18.6. The van der Waals surface area contributed by atoms with Crippen LogP contribution in [0.5, 0.6) is 0 Å². The molecule has 1 fully saturated rings. The average Bonchev–Trinajstić information content (AvgIpc) is 3.08. The van der Waals surface area contributed by atoms with Crippen LogP contribution in [0.15, 0.2) is 22.3 Å². The van der Waals surface area contributed by atoms with E-state index in [0.717, 1.165) is 60.4 Å². The first kappa shape index (κ1) is 19.3. The first-order chi connectivity index (χ1) is 14.2. The number of fused-ring (bicyclic) bond motifs is 3. The predicted molar refractivity (Wildman–Crippen MR) is 121 cm³/mol. The second-order valence-electron chi connectivity index (χ2n) is 7.68. The molecule has 152 valence electrons. The van der Waals surface area contributed by atoms with Crippen LogP contribution in [0.2, 0.25) is 0 Å². The third-order valence-electron chi connectivity index (χ3n) is 5.54. The van der Waals surface area contributed by atoms with Gasteiger partial charge in [-0.15, -0.1) is 22.7 Å². The molecule has 29 heavy (non-hydrogen) atoms. The summed E-state index contributed by atoms with van der Waals surface area (Å²) in [5.41, 5.74) is 1.21. The Hall–Kier alpha value is -1.64. The van der Waals surface area contributed by atoms with Gasteiger partial charge in [-0.05, 0) is 49.1 Å². The number of aryl methyl sites for hydroxylation is 2. The molecule has 3 heterocycles. The smallest absolute Gasteiger partial charge is 0.259 e. The lowest BCUT2D eigenvalue weighted by molar-refractivity contribution is -0.131. The van der Waals surface area contributed by atoms with E-state index in [1.165, 1.54) is 15.3 Å². The lowest BCUT2D eigenvalue weighted by Gasteiger charge is -2.21. The van der Waals surface area contributed by atoms with E-state index in [2.05, 4.69) is 21.4 Å². The summed E-state index contributed by atoms with van der Waals surface area (Å²) < 4.78 is 0. The molecule has 5 nitrogen and oxygen atoms in total. The van der Waals surface area contributed by atoms with Crippen molar-refractivity contribution in [1.82, 2.24) is 14.9 Å². The number of thioether (sulfide) groups is 1. The van der Waals surface area contributed by atoms with Gasteiger partial charge in [-0.2, -0.15) is 11.8 Å². The SMILES string of the molecule is O=C(CCSCc1nc2sc3c(c2c(=O)[nH]1)CCC3)N(Cc1cccs1)C1CC1. The maximum atomic E-state index is 12.7. The molecule has 0 radical (unpaired) electrons. The summed E-state index contributed by atoms with van der Waals surface area (Å²) in [6.07, 6.45) is 6.00. The minimum Gasteiger partial charge on any atom is -0.335 e. The van der Waals surface area contributed by atoms with Crippen LogP contribution in [0, 0.1) is 0 Å². The van der Waals surface area contributed by atoms with Crippen LogP contribution < -0.4 is 5.56 Å². The molecule has 5 rings (SSSR count). The number of thiophene rings is 2. The Labute approximate surface area is 181 Å². The molecule has 2 aliphatic rings. The summed E-state index contributed by atoms with van der Waals surface area (Å²) in [7, 11) is 0. The predicted octanol–water partition coefficient (Wildman–Crippen LogP) is 4.35. The number of aromatic amines is 1. The number of nitrogens with zero attached hydrogens (tertiary/aromatic N) is 2. The van der Waals surface area contributed by atoms with Crippen LogP contribution in [0.25, 0.3) is 10.2 Å². The van der Waals surface area contributed by atoms with Crippen molar-refractivity contribution in [2.24, 2.45) is 0 Å². The van der Waals surface area contributed by atoms with Gasteiger partial charge >= 0.3 is 0 Å². The molecule has 3 aromatic heterocycles. The fraction of sp³-hybridized carbons (Fsp3) is 0.476. The summed E-state index contributed by atoms with van der Waals surface area (Å²) in [6.45, 7) is 0.737. The van der Waals surface area contributed by atoms with Crippen LogP contribution in [-0.4, -0.2) is 32.6 Å². The largest absolute Gasteiger partial charge is 0.335 e. The van der Waals surface area contributed by atoms with E-state index in [1.807, 2.05) is 11.0 Å². The van der Waals surface area contributed by atoms with Crippen LogP contribution in [0.4, 0.5) is 0 Å². The number of amides is 1. The number of rotatable bonds is 8. The van der Waals surface area contributed by atoms with E-state index >= 15 is 0 Å². The minimum absolute atomic E-state index is 0.00284. The van der Waals surface area contributed by atoms with Crippen molar-refractivity contribution in [2.75, 3.05) is 5.75 Å². The lowest BCUT2D eigenvalue weighted by Crippen LogP contribution is -2.32. The summed E-state index contributed by atoms with van der Waals surface area (Å²) in [5, 5.41) is 2.87. The zero-order valence-electron chi connectivity index (χ0n) is 16.1. The maximum absolute atomic E-state index is 12.7. The lowest BCUT2D eigenvalue weighted by atomic mass is 10.2. The van der Waals surface area contributed by atoms with E-state index < -0.39 is 0 Å². The summed E-state index contributed by atoms with van der Waals surface area (Å²) in [6, 6.07) is 4.56. The molecule has 0 bridgehead atoms. The Morgan fingerprint density at radius 3 is 3.03 bits per heavy atom. The van der Waals surface area contributed by atoms with Crippen LogP contribution in [-0.2, 0) is 29.9 Å². The van der Waals surface area contributed by atoms with E-state index in [-0.39, 0.29) is 11.5 Å². The molecular weight excluding hydrogens is 422 g/mol. The highest BCUT2D eigenvalue weighted by Gasteiger charge is 2.32. The van der Waals surface area contributed by atoms with Crippen molar-refractivity contribution in [3.63, 3.8) is 0 Å². The van der Waals surface area contributed by atoms with E-state index in [0.29, 0.717) is 18.2 Å². The van der Waals surface area contributed by atoms with Gasteiger partial charge in [0.15, 0.2) is 0 Å². The number of H-pyrrole nitrogens is 1. The molecule has 0 atom stereocenters. The molecule has 1 saturated carbocycles. The average molecular weight is 446 g/mol. The number of carbonyl (C=O) groups excluding carboxylic acids is 1. The number of hydrogen-bond donors (Lipinski definition) is 1. The van der Waals surface area contributed by atoms with Crippen LogP contribution >= 0.6 is 34.4 Å². The first-order valence-corrected chi connectivity index (χ1v) is 13.0. The van der Waals surface area contributed by atoms with E-state index in [4.69, 9.17) is 0 Å². The number of nitrogens with one attached hydrogen (secondary N) is 1. The molecule has 0 unspecified atom stereocenters. The van der Waals surface area contributed by atoms with E-state index in [1.54, 1.807) is 34.4 Å². The standard InChI is InChI=1S/C21H23N3O2S3/c25-18(24(13-6-7-13)11-14-3-2-9-28-14)8-10-27-12-17-22-20(26)19-15-4-1-5-16(15)29-21(19)23-17/h2-3,9,13H,1,4-8,10-12H2,(H,22,23,26). The molecule has 0 aliphatic heterocycles. The Morgan fingerprint density at radius 2 is 2.24 bits per heavy atom. The van der Waals surface area contributed by atoms with Gasteiger partial charge in [0.2, 0.25) is 5.91 Å². The highest BCUT2D eigenvalue weighted by molar-refractivity contribution is 7.98. The second-order valence-corrected chi connectivity index (χ2v) is 10.9. The Morgan fingerprint density at radius 1 is 1.34 bits per heavy atom. The molecule has 0 saturated heterocycles.